The smallest absolute Gasteiger partial charge is 0.0672 e. The lowest BCUT2D eigenvalue weighted by Crippen LogP contribution is -2.44. The van der Waals surface area contributed by atoms with Gasteiger partial charge in [0, 0.05) is 19.6 Å². The molecule has 0 aromatic heterocycles. The predicted octanol–water partition coefficient (Wildman–Crippen LogP) is 3.75. The van der Waals surface area contributed by atoms with Crippen molar-refractivity contribution < 1.29 is 9.47 Å². The van der Waals surface area contributed by atoms with E-state index in [4.69, 9.17) is 9.47 Å². The highest BCUT2D eigenvalue weighted by atomic mass is 16.5. The van der Waals surface area contributed by atoms with Crippen molar-refractivity contribution in [2.45, 2.75) is 53.6 Å². The maximum atomic E-state index is 5.74. The number of methoxy groups -OCH3 is 2. The van der Waals surface area contributed by atoms with Crippen molar-refractivity contribution in [3.63, 3.8) is 0 Å². The zero-order valence-corrected chi connectivity index (χ0v) is 12.2. The molecule has 0 bridgehead atoms. The Balaban J connectivity index is 4.97. The molecule has 0 aliphatic carbocycles. The fourth-order valence-electron chi connectivity index (χ4n) is 3.03. The van der Waals surface area contributed by atoms with Crippen LogP contribution in [0.2, 0.25) is 0 Å². The van der Waals surface area contributed by atoms with Crippen LogP contribution in [0.15, 0.2) is 0 Å². The van der Waals surface area contributed by atoms with Crippen LogP contribution in [0.5, 0.6) is 0 Å². The minimum atomic E-state index is 0.159. The maximum Gasteiger partial charge on any atom is 0.0672 e. The molecule has 98 valence electrons. The van der Waals surface area contributed by atoms with E-state index in [1.807, 2.05) is 7.11 Å². The van der Waals surface area contributed by atoms with Crippen molar-refractivity contribution in [3.05, 3.63) is 0 Å². The minimum Gasteiger partial charge on any atom is -0.384 e. The molecule has 0 heterocycles. The van der Waals surface area contributed by atoms with Crippen LogP contribution < -0.4 is 0 Å². The average Bonchev–Trinajstić information content (AvgIpc) is 2.17. The molecule has 0 aliphatic heterocycles. The zero-order valence-electron chi connectivity index (χ0n) is 12.2. The first-order chi connectivity index (χ1) is 7.43. The van der Waals surface area contributed by atoms with Crippen LogP contribution in [-0.4, -0.2) is 26.9 Å². The van der Waals surface area contributed by atoms with Crippen LogP contribution in [0.1, 0.15) is 47.5 Å². The summed E-state index contributed by atoms with van der Waals surface area (Å²) in [6.07, 6.45) is 2.55. The van der Waals surface area contributed by atoms with Crippen molar-refractivity contribution in [1.82, 2.24) is 0 Å². The minimum absolute atomic E-state index is 0.159. The second-order valence-electron chi connectivity index (χ2n) is 5.65. The van der Waals surface area contributed by atoms with Crippen LogP contribution in [0, 0.1) is 17.3 Å². The van der Waals surface area contributed by atoms with Gasteiger partial charge in [-0.05, 0) is 24.7 Å². The van der Waals surface area contributed by atoms with E-state index in [9.17, 15) is 0 Å². The molecule has 0 saturated carbocycles. The molecule has 2 nitrogen and oxygen atoms in total. The Morgan fingerprint density at radius 2 is 1.62 bits per heavy atom. The largest absolute Gasteiger partial charge is 0.384 e. The van der Waals surface area contributed by atoms with E-state index in [-0.39, 0.29) is 11.5 Å². The lowest BCUT2D eigenvalue weighted by molar-refractivity contribution is -0.0897. The summed E-state index contributed by atoms with van der Waals surface area (Å²) in [7, 11) is 3.61. The van der Waals surface area contributed by atoms with Crippen LogP contribution in [0.4, 0.5) is 0 Å². The normalized spacial score (nSPS) is 17.8. The van der Waals surface area contributed by atoms with E-state index < -0.39 is 0 Å². The van der Waals surface area contributed by atoms with Crippen LogP contribution in [-0.2, 0) is 9.47 Å². The van der Waals surface area contributed by atoms with Gasteiger partial charge in [0.15, 0.2) is 0 Å². The summed E-state index contributed by atoms with van der Waals surface area (Å²) in [5.74, 6) is 1.20. The highest BCUT2D eigenvalue weighted by Crippen LogP contribution is 2.39. The van der Waals surface area contributed by atoms with Gasteiger partial charge in [0.1, 0.15) is 0 Å². The third-order valence-electron chi connectivity index (χ3n) is 3.41. The lowest BCUT2D eigenvalue weighted by Gasteiger charge is -2.42. The van der Waals surface area contributed by atoms with Crippen LogP contribution in [0.25, 0.3) is 0 Å². The van der Waals surface area contributed by atoms with Gasteiger partial charge in [-0.3, -0.25) is 0 Å². The number of rotatable bonds is 8. The molecule has 2 atom stereocenters. The first-order valence-corrected chi connectivity index (χ1v) is 6.45. The van der Waals surface area contributed by atoms with Gasteiger partial charge in [-0.2, -0.15) is 0 Å². The second-order valence-corrected chi connectivity index (χ2v) is 5.65. The van der Waals surface area contributed by atoms with Gasteiger partial charge in [-0.25, -0.2) is 0 Å². The Bertz CT molecular complexity index is 178. The highest BCUT2D eigenvalue weighted by molar-refractivity contribution is 4.89. The first kappa shape index (κ1) is 15.9. The van der Waals surface area contributed by atoms with E-state index in [0.29, 0.717) is 11.8 Å². The van der Waals surface area contributed by atoms with Crippen molar-refractivity contribution in [2.75, 3.05) is 20.8 Å². The maximum absolute atomic E-state index is 5.74. The molecular weight excluding hydrogens is 200 g/mol. The molecule has 0 N–H and O–H groups in total. The fraction of sp³-hybridized carbons (Fsp3) is 1.00. The SMILES string of the molecule is CCC(COC)(CC(C)C)C(OC)C(C)C. The third kappa shape index (κ3) is 4.06. The molecule has 0 rings (SSSR count). The van der Waals surface area contributed by atoms with Gasteiger partial charge >= 0.3 is 0 Å². The molecule has 2 heteroatoms. The monoisotopic (exact) mass is 230 g/mol. The van der Waals surface area contributed by atoms with E-state index in [0.717, 1.165) is 19.4 Å². The van der Waals surface area contributed by atoms with Crippen molar-refractivity contribution >= 4 is 0 Å². The Kier molecular flexibility index (Phi) is 7.25. The molecule has 0 spiro atoms. The number of hydrogen-bond acceptors (Lipinski definition) is 2. The average molecular weight is 230 g/mol. The Morgan fingerprint density at radius 1 is 1.06 bits per heavy atom. The molecule has 2 unspecified atom stereocenters. The highest BCUT2D eigenvalue weighted by Gasteiger charge is 2.39. The topological polar surface area (TPSA) is 18.5 Å². The second kappa shape index (κ2) is 7.29. The van der Waals surface area contributed by atoms with Gasteiger partial charge in [0.25, 0.3) is 0 Å². The van der Waals surface area contributed by atoms with Gasteiger partial charge < -0.3 is 9.47 Å². The summed E-state index contributed by atoms with van der Waals surface area (Å²) < 4.78 is 11.2. The molecular formula is C14H30O2. The fourth-order valence-corrected chi connectivity index (χ4v) is 3.03. The van der Waals surface area contributed by atoms with Crippen molar-refractivity contribution in [2.24, 2.45) is 17.3 Å². The Labute approximate surface area is 102 Å². The summed E-state index contributed by atoms with van der Waals surface area (Å²) in [5, 5.41) is 0. The Hall–Kier alpha value is -0.0800. The molecule has 0 aromatic rings. The molecule has 0 fully saturated rings. The molecule has 16 heavy (non-hydrogen) atoms. The quantitative estimate of drug-likeness (QED) is 0.632. The van der Waals surface area contributed by atoms with E-state index in [1.54, 1.807) is 7.11 Å². The summed E-state index contributed by atoms with van der Waals surface area (Å²) in [6.45, 7) is 12.0. The van der Waals surface area contributed by atoms with Gasteiger partial charge in [-0.15, -0.1) is 0 Å². The third-order valence-corrected chi connectivity index (χ3v) is 3.41. The van der Waals surface area contributed by atoms with Crippen molar-refractivity contribution in [3.8, 4) is 0 Å². The number of ether oxygens (including phenoxy) is 2. The molecule has 0 aliphatic rings. The zero-order chi connectivity index (χ0) is 12.8. The van der Waals surface area contributed by atoms with Crippen LogP contribution >= 0.6 is 0 Å². The molecule has 0 saturated heterocycles. The summed E-state index contributed by atoms with van der Waals surface area (Å²) in [6, 6.07) is 0. The van der Waals surface area contributed by atoms with Gasteiger partial charge in [0.05, 0.1) is 12.7 Å². The van der Waals surface area contributed by atoms with E-state index >= 15 is 0 Å². The summed E-state index contributed by atoms with van der Waals surface area (Å²) in [4.78, 5) is 0. The first-order valence-electron chi connectivity index (χ1n) is 6.45. The Morgan fingerprint density at radius 3 is 1.88 bits per heavy atom. The number of hydrogen-bond donors (Lipinski definition) is 0. The summed E-state index contributed by atoms with van der Waals surface area (Å²) >= 11 is 0. The summed E-state index contributed by atoms with van der Waals surface area (Å²) in [5.41, 5.74) is 0.159. The van der Waals surface area contributed by atoms with E-state index in [2.05, 4.69) is 34.6 Å². The van der Waals surface area contributed by atoms with Crippen molar-refractivity contribution in [1.29, 1.82) is 0 Å². The lowest BCUT2D eigenvalue weighted by atomic mass is 9.70. The van der Waals surface area contributed by atoms with Gasteiger partial charge in [0.2, 0.25) is 0 Å². The van der Waals surface area contributed by atoms with Crippen LogP contribution in [0.3, 0.4) is 0 Å². The molecule has 0 amide bonds. The predicted molar refractivity (Wildman–Crippen MR) is 69.7 cm³/mol. The molecule has 0 aromatic carbocycles. The van der Waals surface area contributed by atoms with Gasteiger partial charge in [-0.1, -0.05) is 34.6 Å². The van der Waals surface area contributed by atoms with E-state index in [1.165, 1.54) is 0 Å². The molecule has 0 radical (unpaired) electrons. The standard InChI is InChI=1S/C14H30O2/c1-8-14(10-15-6,9-11(2)3)13(16-7)12(4)5/h11-13H,8-10H2,1-7H3.